The lowest BCUT2D eigenvalue weighted by molar-refractivity contribution is -0.124. The Morgan fingerprint density at radius 1 is 1.20 bits per heavy atom. The monoisotopic (exact) mass is 560 g/mol. The van der Waals surface area contributed by atoms with Crippen LogP contribution in [-0.4, -0.2) is 47.9 Å². The second-order valence-corrected chi connectivity index (χ2v) is 10.7. The van der Waals surface area contributed by atoms with Gasteiger partial charge in [0.25, 0.3) is 0 Å². The number of rotatable bonds is 9. The van der Waals surface area contributed by atoms with Gasteiger partial charge in [-0.1, -0.05) is 22.9 Å². The molecule has 2 N–H and O–H groups in total. The predicted octanol–water partition coefficient (Wildman–Crippen LogP) is 4.64. The first-order valence-corrected chi connectivity index (χ1v) is 13.5. The first kappa shape index (κ1) is 25.5. The average Bonchev–Trinajstić information content (AvgIpc) is 3.29. The average molecular weight is 562 g/mol. The Bertz CT molecular complexity index is 1250. The Balaban J connectivity index is 1.21. The number of hydrogen-bond donors (Lipinski definition) is 2. The number of carbonyl (C=O) groups is 2. The molecule has 0 atom stereocenters. The van der Waals surface area contributed by atoms with Crippen LogP contribution in [0, 0.1) is 5.92 Å². The summed E-state index contributed by atoms with van der Waals surface area (Å²) in [6.07, 6.45) is 3.59. The Kier molecular flexibility index (Phi) is 8.69. The molecule has 35 heavy (non-hydrogen) atoms. The Morgan fingerprint density at radius 2 is 1.97 bits per heavy atom. The lowest BCUT2D eigenvalue weighted by Gasteiger charge is -2.30. The van der Waals surface area contributed by atoms with Crippen LogP contribution in [0.25, 0.3) is 22.2 Å². The highest BCUT2D eigenvalue weighted by atomic mass is 79.9. The minimum atomic E-state index is -0.491. The molecule has 1 fully saturated rings. The number of thiazole rings is 1. The van der Waals surface area contributed by atoms with Gasteiger partial charge < -0.3 is 20.0 Å². The van der Waals surface area contributed by atoms with Crippen molar-refractivity contribution in [1.29, 1.82) is 0 Å². The van der Waals surface area contributed by atoms with Gasteiger partial charge >= 0.3 is 5.63 Å². The van der Waals surface area contributed by atoms with E-state index in [0.29, 0.717) is 28.5 Å². The summed E-state index contributed by atoms with van der Waals surface area (Å²) < 4.78 is 6.26. The van der Waals surface area contributed by atoms with Gasteiger partial charge in [0.05, 0.1) is 11.3 Å². The number of fused-ring (bicyclic) bond motifs is 1. The fourth-order valence-corrected chi connectivity index (χ4v) is 5.15. The van der Waals surface area contributed by atoms with E-state index in [9.17, 15) is 14.4 Å². The molecule has 1 aliphatic rings. The fourth-order valence-electron chi connectivity index (χ4n) is 4.04. The van der Waals surface area contributed by atoms with Gasteiger partial charge in [-0.2, -0.15) is 0 Å². The molecule has 186 valence electrons. The number of nitrogens with one attached hydrogen (secondary N) is 2. The molecule has 0 bridgehead atoms. The SMILES string of the molecule is CC1CCN(CCCNC(=O)CCC(=O)Nc2nc(-c3cc4cc(Br)ccc4oc3=O)cs2)CC1. The van der Waals surface area contributed by atoms with Crippen molar-refractivity contribution in [2.75, 3.05) is 31.5 Å². The minimum absolute atomic E-state index is 0.0664. The maximum Gasteiger partial charge on any atom is 0.345 e. The van der Waals surface area contributed by atoms with E-state index in [2.05, 4.69) is 43.4 Å². The molecule has 0 unspecified atom stereocenters. The maximum atomic E-state index is 12.4. The zero-order chi connectivity index (χ0) is 24.8. The Morgan fingerprint density at radius 3 is 2.77 bits per heavy atom. The van der Waals surface area contributed by atoms with E-state index in [0.717, 1.165) is 41.8 Å². The normalized spacial score (nSPS) is 14.8. The van der Waals surface area contributed by atoms with Crippen molar-refractivity contribution in [3.63, 3.8) is 0 Å². The number of hydrogen-bond acceptors (Lipinski definition) is 7. The van der Waals surface area contributed by atoms with Crippen LogP contribution >= 0.6 is 27.3 Å². The molecule has 1 aromatic carbocycles. The first-order chi connectivity index (χ1) is 16.9. The molecule has 2 aromatic heterocycles. The molecule has 2 amide bonds. The third kappa shape index (κ3) is 7.22. The minimum Gasteiger partial charge on any atom is -0.422 e. The van der Waals surface area contributed by atoms with Crippen LogP contribution in [0.15, 0.2) is 43.3 Å². The molecular weight excluding hydrogens is 532 g/mol. The molecule has 1 aliphatic heterocycles. The highest BCUT2D eigenvalue weighted by Gasteiger charge is 2.16. The summed E-state index contributed by atoms with van der Waals surface area (Å²) in [6, 6.07) is 7.11. The van der Waals surface area contributed by atoms with Crippen LogP contribution < -0.4 is 16.3 Å². The summed E-state index contributed by atoms with van der Waals surface area (Å²) in [5, 5.41) is 8.44. The van der Waals surface area contributed by atoms with E-state index in [1.54, 1.807) is 23.6 Å². The highest BCUT2D eigenvalue weighted by molar-refractivity contribution is 9.10. The molecule has 0 aliphatic carbocycles. The molecule has 3 heterocycles. The van der Waals surface area contributed by atoms with Crippen LogP contribution in [0.3, 0.4) is 0 Å². The Hall–Kier alpha value is -2.56. The van der Waals surface area contributed by atoms with Crippen molar-refractivity contribution in [3.05, 3.63) is 44.5 Å². The number of carbonyl (C=O) groups excluding carboxylic acids is 2. The fraction of sp³-hybridized carbons (Fsp3) is 0.440. The molecule has 0 saturated carbocycles. The molecule has 1 saturated heterocycles. The summed E-state index contributed by atoms with van der Waals surface area (Å²) >= 11 is 4.63. The number of aromatic nitrogens is 1. The van der Waals surface area contributed by atoms with Gasteiger partial charge in [-0.25, -0.2) is 9.78 Å². The molecule has 0 spiro atoms. The van der Waals surface area contributed by atoms with Crippen molar-refractivity contribution in [3.8, 4) is 11.3 Å². The third-order valence-corrected chi connectivity index (χ3v) is 7.40. The van der Waals surface area contributed by atoms with Crippen LogP contribution in [0.4, 0.5) is 5.13 Å². The number of benzene rings is 1. The summed E-state index contributed by atoms with van der Waals surface area (Å²) in [5.41, 5.74) is 0.757. The van der Waals surface area contributed by atoms with E-state index in [1.165, 1.54) is 24.2 Å². The van der Waals surface area contributed by atoms with Crippen LogP contribution in [0.2, 0.25) is 0 Å². The van der Waals surface area contributed by atoms with E-state index in [-0.39, 0.29) is 24.7 Å². The summed E-state index contributed by atoms with van der Waals surface area (Å²) in [6.45, 7) is 6.18. The number of likely N-dealkylation sites (tertiary alicyclic amines) is 1. The second kappa shape index (κ2) is 11.9. The zero-order valence-corrected chi connectivity index (χ0v) is 22.0. The van der Waals surface area contributed by atoms with E-state index in [4.69, 9.17) is 4.42 Å². The summed E-state index contributed by atoms with van der Waals surface area (Å²) in [7, 11) is 0. The van der Waals surface area contributed by atoms with E-state index < -0.39 is 5.63 Å². The van der Waals surface area contributed by atoms with Gasteiger partial charge in [0.1, 0.15) is 5.58 Å². The molecule has 4 rings (SSSR count). The number of piperidine rings is 1. The predicted molar refractivity (Wildman–Crippen MR) is 142 cm³/mol. The van der Waals surface area contributed by atoms with Crippen LogP contribution in [0.5, 0.6) is 0 Å². The lowest BCUT2D eigenvalue weighted by Crippen LogP contribution is -2.35. The van der Waals surface area contributed by atoms with Crippen LogP contribution in [-0.2, 0) is 9.59 Å². The van der Waals surface area contributed by atoms with E-state index >= 15 is 0 Å². The maximum absolute atomic E-state index is 12.4. The van der Waals surface area contributed by atoms with Crippen molar-refractivity contribution in [1.82, 2.24) is 15.2 Å². The van der Waals surface area contributed by atoms with Crippen molar-refractivity contribution in [2.24, 2.45) is 5.92 Å². The van der Waals surface area contributed by atoms with Gasteiger partial charge in [-0.05, 0) is 69.1 Å². The highest BCUT2D eigenvalue weighted by Crippen LogP contribution is 2.26. The van der Waals surface area contributed by atoms with Gasteiger partial charge in [0.15, 0.2) is 5.13 Å². The molecule has 8 nitrogen and oxygen atoms in total. The van der Waals surface area contributed by atoms with Gasteiger partial charge in [0, 0.05) is 34.6 Å². The van der Waals surface area contributed by atoms with Crippen LogP contribution in [0.1, 0.15) is 39.0 Å². The quantitative estimate of drug-likeness (QED) is 0.292. The first-order valence-electron chi connectivity index (χ1n) is 11.9. The smallest absolute Gasteiger partial charge is 0.345 e. The summed E-state index contributed by atoms with van der Waals surface area (Å²) in [4.78, 5) is 43.6. The topological polar surface area (TPSA) is 105 Å². The zero-order valence-electron chi connectivity index (χ0n) is 19.6. The Labute approximate surface area is 216 Å². The van der Waals surface area contributed by atoms with Crippen molar-refractivity contribution < 1.29 is 14.0 Å². The number of anilines is 1. The molecule has 0 radical (unpaired) electrons. The van der Waals surface area contributed by atoms with Crippen molar-refractivity contribution in [2.45, 2.75) is 39.0 Å². The molecule has 3 aromatic rings. The lowest BCUT2D eigenvalue weighted by atomic mass is 9.99. The third-order valence-electron chi connectivity index (χ3n) is 6.15. The van der Waals surface area contributed by atoms with Crippen molar-refractivity contribution >= 4 is 55.2 Å². The second-order valence-electron chi connectivity index (χ2n) is 8.94. The number of nitrogens with zero attached hydrogens (tertiary/aromatic N) is 2. The standard InChI is InChI=1S/C25H29BrN4O4S/c1-16-7-11-30(12-8-16)10-2-9-27-22(31)5-6-23(32)29-25-28-20(15-35-25)19-14-17-13-18(26)3-4-21(17)34-24(19)33/h3-4,13-16H,2,5-12H2,1H3,(H,27,31)(H,28,29,32). The molecular formula is C25H29BrN4O4S. The van der Waals surface area contributed by atoms with E-state index in [1.807, 2.05) is 6.07 Å². The summed E-state index contributed by atoms with van der Waals surface area (Å²) in [5.74, 6) is 0.388. The number of amides is 2. The molecule has 10 heteroatoms. The van der Waals surface area contributed by atoms with Gasteiger partial charge in [-0.3, -0.25) is 9.59 Å². The number of halogens is 1. The van der Waals surface area contributed by atoms with Gasteiger partial charge in [-0.15, -0.1) is 11.3 Å². The van der Waals surface area contributed by atoms with Gasteiger partial charge in [0.2, 0.25) is 11.8 Å². The largest absolute Gasteiger partial charge is 0.422 e.